The van der Waals surface area contributed by atoms with E-state index in [1.54, 1.807) is 0 Å². The first-order valence-corrected chi connectivity index (χ1v) is 8.50. The summed E-state index contributed by atoms with van der Waals surface area (Å²) in [5, 5.41) is 8.55. The smallest absolute Gasteiger partial charge is 0.0679 e. The van der Waals surface area contributed by atoms with Gasteiger partial charge in [0.1, 0.15) is 0 Å². The van der Waals surface area contributed by atoms with E-state index in [1.165, 1.54) is 26.8 Å². The lowest BCUT2D eigenvalue weighted by atomic mass is 9.96. The van der Waals surface area contributed by atoms with Crippen LogP contribution in [0.25, 0.3) is 10.8 Å². The van der Waals surface area contributed by atoms with Crippen molar-refractivity contribution in [1.29, 1.82) is 0 Å². The summed E-state index contributed by atoms with van der Waals surface area (Å²) in [7, 11) is 0. The van der Waals surface area contributed by atoms with Crippen LogP contribution in [0.5, 0.6) is 0 Å². The molecule has 108 valence electrons. The van der Waals surface area contributed by atoms with Crippen LogP contribution in [-0.2, 0) is 6.42 Å². The molecule has 0 saturated heterocycles. The van der Waals surface area contributed by atoms with Gasteiger partial charge in [0.15, 0.2) is 0 Å². The highest BCUT2D eigenvalue weighted by atomic mass is 32.1. The molecule has 1 nitrogen and oxygen atoms in total. The Balaban J connectivity index is 2.16. The Labute approximate surface area is 130 Å². The Kier molecular flexibility index (Phi) is 4.37. The number of fused-ring (bicyclic) bond motifs is 1. The van der Waals surface area contributed by atoms with Crippen LogP contribution in [-0.4, -0.2) is 6.54 Å². The van der Waals surface area contributed by atoms with Gasteiger partial charge >= 0.3 is 0 Å². The van der Waals surface area contributed by atoms with Crippen molar-refractivity contribution in [3.05, 3.63) is 69.9 Å². The third-order valence-corrected chi connectivity index (χ3v) is 4.99. The molecule has 2 heteroatoms. The number of thiophene rings is 1. The topological polar surface area (TPSA) is 12.0 Å². The molecule has 0 spiro atoms. The van der Waals surface area contributed by atoms with E-state index in [9.17, 15) is 0 Å². The van der Waals surface area contributed by atoms with Gasteiger partial charge in [-0.2, -0.15) is 0 Å². The fourth-order valence-corrected chi connectivity index (χ4v) is 4.03. The van der Waals surface area contributed by atoms with Crippen LogP contribution in [0.4, 0.5) is 0 Å². The summed E-state index contributed by atoms with van der Waals surface area (Å²) in [6.45, 7) is 5.38. The molecule has 0 amide bonds. The molecule has 0 bridgehead atoms. The summed E-state index contributed by atoms with van der Waals surface area (Å²) in [5.41, 5.74) is 2.84. The number of nitrogens with one attached hydrogen (secondary N) is 1. The molecule has 3 rings (SSSR count). The number of aryl methyl sites for hydroxylation is 1. The Morgan fingerprint density at radius 1 is 1.00 bits per heavy atom. The predicted molar refractivity (Wildman–Crippen MR) is 93.2 cm³/mol. The second-order valence-corrected chi connectivity index (χ2v) is 6.17. The first kappa shape index (κ1) is 14.3. The van der Waals surface area contributed by atoms with Gasteiger partial charge in [-0.3, -0.25) is 0 Å². The number of rotatable bonds is 5. The van der Waals surface area contributed by atoms with E-state index < -0.39 is 0 Å². The molecule has 3 aromatic rings. The van der Waals surface area contributed by atoms with Gasteiger partial charge in [-0.05, 0) is 46.3 Å². The number of hydrogen-bond donors (Lipinski definition) is 1. The molecular formula is C19H21NS. The van der Waals surface area contributed by atoms with E-state index in [0.29, 0.717) is 0 Å². The Hall–Kier alpha value is -1.64. The lowest BCUT2D eigenvalue weighted by Gasteiger charge is -2.20. The fourth-order valence-electron chi connectivity index (χ4n) is 2.94. The number of hydrogen-bond acceptors (Lipinski definition) is 2. The van der Waals surface area contributed by atoms with Crippen LogP contribution in [0.3, 0.4) is 0 Å². The molecule has 21 heavy (non-hydrogen) atoms. The third kappa shape index (κ3) is 2.74. The standard InChI is InChI=1S/C19H21NS/c1-3-14-12-13-21-19(14)18(20-4-2)17-11-7-9-15-8-5-6-10-16(15)17/h5-13,18,20H,3-4H2,1-2H3. The monoisotopic (exact) mass is 295 g/mol. The van der Waals surface area contributed by atoms with Crippen LogP contribution in [0.1, 0.15) is 35.9 Å². The second kappa shape index (κ2) is 6.42. The zero-order valence-electron chi connectivity index (χ0n) is 12.6. The molecule has 1 heterocycles. The zero-order chi connectivity index (χ0) is 14.7. The Bertz CT molecular complexity index is 724. The highest BCUT2D eigenvalue weighted by Crippen LogP contribution is 2.33. The minimum Gasteiger partial charge on any atom is -0.306 e. The normalized spacial score (nSPS) is 12.7. The first-order chi connectivity index (χ1) is 10.3. The quantitative estimate of drug-likeness (QED) is 0.685. The van der Waals surface area contributed by atoms with Crippen LogP contribution < -0.4 is 5.32 Å². The molecule has 0 saturated carbocycles. The average molecular weight is 295 g/mol. The maximum Gasteiger partial charge on any atom is 0.0679 e. The van der Waals surface area contributed by atoms with Crippen molar-refractivity contribution >= 4 is 22.1 Å². The molecule has 1 aromatic heterocycles. The molecule has 1 atom stereocenters. The van der Waals surface area contributed by atoms with Crippen molar-refractivity contribution in [1.82, 2.24) is 5.32 Å². The van der Waals surface area contributed by atoms with Crippen molar-refractivity contribution in [3.63, 3.8) is 0 Å². The third-order valence-electron chi connectivity index (χ3n) is 3.97. The maximum absolute atomic E-state index is 3.68. The highest BCUT2D eigenvalue weighted by Gasteiger charge is 2.19. The molecule has 0 aliphatic carbocycles. The summed E-state index contributed by atoms with van der Waals surface area (Å²) < 4.78 is 0. The fraction of sp³-hybridized carbons (Fsp3) is 0.263. The molecule has 1 unspecified atom stereocenters. The van der Waals surface area contributed by atoms with Gasteiger partial charge in [-0.15, -0.1) is 11.3 Å². The summed E-state index contributed by atoms with van der Waals surface area (Å²) >= 11 is 1.86. The van der Waals surface area contributed by atoms with Crippen LogP contribution in [0.2, 0.25) is 0 Å². The molecule has 0 aliphatic heterocycles. The van der Waals surface area contributed by atoms with Crippen molar-refractivity contribution in [3.8, 4) is 0 Å². The summed E-state index contributed by atoms with van der Waals surface area (Å²) in [6.07, 6.45) is 1.09. The van der Waals surface area contributed by atoms with E-state index in [2.05, 4.69) is 73.1 Å². The van der Waals surface area contributed by atoms with E-state index in [0.717, 1.165) is 13.0 Å². The predicted octanol–water partition coefficient (Wildman–Crippen LogP) is 5.16. The Morgan fingerprint density at radius 3 is 2.62 bits per heavy atom. The van der Waals surface area contributed by atoms with Crippen molar-refractivity contribution in [2.45, 2.75) is 26.3 Å². The van der Waals surface area contributed by atoms with Gasteiger partial charge in [0.2, 0.25) is 0 Å². The van der Waals surface area contributed by atoms with Gasteiger partial charge in [0.25, 0.3) is 0 Å². The van der Waals surface area contributed by atoms with Crippen LogP contribution in [0.15, 0.2) is 53.9 Å². The SMILES string of the molecule is CCNC(c1sccc1CC)c1cccc2ccccc12. The van der Waals surface area contributed by atoms with Gasteiger partial charge in [0, 0.05) is 4.88 Å². The summed E-state index contributed by atoms with van der Waals surface area (Å²) in [6, 6.07) is 17.8. The van der Waals surface area contributed by atoms with E-state index in [1.807, 2.05) is 11.3 Å². The second-order valence-electron chi connectivity index (χ2n) is 5.22. The molecular weight excluding hydrogens is 274 g/mol. The molecule has 1 N–H and O–H groups in total. The highest BCUT2D eigenvalue weighted by molar-refractivity contribution is 7.10. The van der Waals surface area contributed by atoms with E-state index in [-0.39, 0.29) is 6.04 Å². The Morgan fingerprint density at radius 2 is 1.81 bits per heavy atom. The van der Waals surface area contributed by atoms with Gasteiger partial charge in [0.05, 0.1) is 6.04 Å². The summed E-state index contributed by atoms with van der Waals surface area (Å²) in [4.78, 5) is 1.45. The molecule has 0 fully saturated rings. The minimum atomic E-state index is 0.288. The zero-order valence-corrected chi connectivity index (χ0v) is 13.4. The lowest BCUT2D eigenvalue weighted by Crippen LogP contribution is -2.22. The average Bonchev–Trinajstić information content (AvgIpc) is 3.00. The largest absolute Gasteiger partial charge is 0.306 e. The molecule has 0 radical (unpaired) electrons. The van der Waals surface area contributed by atoms with E-state index in [4.69, 9.17) is 0 Å². The van der Waals surface area contributed by atoms with Gasteiger partial charge < -0.3 is 5.32 Å². The van der Waals surface area contributed by atoms with Crippen molar-refractivity contribution in [2.24, 2.45) is 0 Å². The van der Waals surface area contributed by atoms with Gasteiger partial charge in [-0.1, -0.05) is 56.3 Å². The molecule has 0 aliphatic rings. The van der Waals surface area contributed by atoms with E-state index >= 15 is 0 Å². The van der Waals surface area contributed by atoms with Crippen molar-refractivity contribution in [2.75, 3.05) is 6.54 Å². The van der Waals surface area contributed by atoms with Crippen LogP contribution in [0, 0.1) is 0 Å². The first-order valence-electron chi connectivity index (χ1n) is 7.62. The van der Waals surface area contributed by atoms with Crippen LogP contribution >= 0.6 is 11.3 Å². The number of benzene rings is 2. The summed E-state index contributed by atoms with van der Waals surface area (Å²) in [5.74, 6) is 0. The van der Waals surface area contributed by atoms with Crippen molar-refractivity contribution < 1.29 is 0 Å². The minimum absolute atomic E-state index is 0.288. The van der Waals surface area contributed by atoms with Gasteiger partial charge in [-0.25, -0.2) is 0 Å². The maximum atomic E-state index is 3.68. The molecule has 2 aromatic carbocycles. The lowest BCUT2D eigenvalue weighted by molar-refractivity contribution is 0.639.